The van der Waals surface area contributed by atoms with E-state index in [1.165, 1.54) is 5.56 Å². The van der Waals surface area contributed by atoms with E-state index in [1.807, 2.05) is 60.7 Å². The maximum absolute atomic E-state index is 6.14. The van der Waals surface area contributed by atoms with E-state index < -0.39 is 0 Å². The molecule has 0 aliphatic carbocycles. The second-order valence-corrected chi connectivity index (χ2v) is 8.06. The molecule has 4 aromatic rings. The van der Waals surface area contributed by atoms with Gasteiger partial charge in [0.2, 0.25) is 0 Å². The van der Waals surface area contributed by atoms with Crippen LogP contribution in [0.2, 0.25) is 5.02 Å². The lowest BCUT2D eigenvalue weighted by Gasteiger charge is -2.36. The third kappa shape index (κ3) is 4.60. The number of rotatable bonds is 5. The smallest absolute Gasteiger partial charge is 0.180 e. The Morgan fingerprint density at radius 2 is 1.71 bits per heavy atom. The summed E-state index contributed by atoms with van der Waals surface area (Å²) in [5.41, 5.74) is 3.67. The third-order valence-corrected chi connectivity index (χ3v) is 5.66. The molecule has 1 saturated heterocycles. The van der Waals surface area contributed by atoms with Crippen LogP contribution in [-0.2, 0) is 6.54 Å². The van der Waals surface area contributed by atoms with Gasteiger partial charge in [-0.05, 0) is 42.0 Å². The molecule has 3 heterocycles. The molecular weight excluding hydrogens is 408 g/mol. The minimum Gasteiger partial charge on any atom is -0.351 e. The molecule has 31 heavy (non-hydrogen) atoms. The van der Waals surface area contributed by atoms with Gasteiger partial charge in [0.1, 0.15) is 5.52 Å². The molecule has 1 aliphatic heterocycles. The van der Waals surface area contributed by atoms with Crippen LogP contribution in [0.4, 0.5) is 17.3 Å². The van der Waals surface area contributed by atoms with Crippen LogP contribution in [0.3, 0.4) is 0 Å². The number of nitrogens with one attached hydrogen (secondary N) is 1. The Kier molecular flexibility index (Phi) is 5.65. The van der Waals surface area contributed by atoms with Gasteiger partial charge in [0.15, 0.2) is 17.3 Å². The number of benzene rings is 2. The summed E-state index contributed by atoms with van der Waals surface area (Å²) < 4.78 is 0. The lowest BCUT2D eigenvalue weighted by Crippen LogP contribution is -2.46. The summed E-state index contributed by atoms with van der Waals surface area (Å²) in [5, 5.41) is 4.22. The zero-order valence-corrected chi connectivity index (χ0v) is 17.8. The molecule has 156 valence electrons. The molecule has 1 N–H and O–H groups in total. The Hall–Kier alpha value is -3.22. The first-order valence-electron chi connectivity index (χ1n) is 10.4. The summed E-state index contributed by atoms with van der Waals surface area (Å²) in [6.45, 7) is 4.56. The van der Waals surface area contributed by atoms with Crippen LogP contribution >= 0.6 is 11.6 Å². The highest BCUT2D eigenvalue weighted by Gasteiger charge is 2.22. The van der Waals surface area contributed by atoms with E-state index in [0.29, 0.717) is 5.65 Å². The third-order valence-electron chi connectivity index (χ3n) is 5.43. The summed E-state index contributed by atoms with van der Waals surface area (Å²) >= 11 is 6.14. The second-order valence-electron chi connectivity index (χ2n) is 7.63. The van der Waals surface area contributed by atoms with Crippen molar-refractivity contribution >= 4 is 40.1 Å². The van der Waals surface area contributed by atoms with E-state index in [-0.39, 0.29) is 0 Å². The number of hydrogen-bond donors (Lipinski definition) is 1. The van der Waals surface area contributed by atoms with Crippen molar-refractivity contribution in [1.29, 1.82) is 0 Å². The van der Waals surface area contributed by atoms with Crippen LogP contribution in [0.5, 0.6) is 0 Å². The number of para-hydroxylation sites is 1. The Morgan fingerprint density at radius 3 is 2.52 bits per heavy atom. The second kappa shape index (κ2) is 8.88. The molecule has 0 spiro atoms. The molecule has 0 radical (unpaired) electrons. The standard InChI is InChI=1S/C24H23ClN6/c25-19-7-4-6-18(16-19)17-30-12-14-31(15-13-30)24-23(27-20-8-2-1-3-9-20)29-22-21(28-24)10-5-11-26-22/h1-11,16H,12-15,17H2,(H,26,27,29). The van der Waals surface area contributed by atoms with Crippen molar-refractivity contribution < 1.29 is 0 Å². The molecule has 5 rings (SSSR count). The fourth-order valence-electron chi connectivity index (χ4n) is 3.86. The molecule has 0 atom stereocenters. The highest BCUT2D eigenvalue weighted by Crippen LogP contribution is 2.28. The lowest BCUT2D eigenvalue weighted by molar-refractivity contribution is 0.249. The molecule has 0 amide bonds. The molecule has 0 unspecified atom stereocenters. The molecule has 6 nitrogen and oxygen atoms in total. The number of aromatic nitrogens is 3. The molecular formula is C24H23ClN6. The first kappa shape index (κ1) is 19.7. The number of nitrogens with zero attached hydrogens (tertiary/aromatic N) is 5. The summed E-state index contributed by atoms with van der Waals surface area (Å²) in [4.78, 5) is 18.8. The van der Waals surface area contributed by atoms with Crippen LogP contribution < -0.4 is 10.2 Å². The number of fused-ring (bicyclic) bond motifs is 1. The van der Waals surface area contributed by atoms with Crippen molar-refractivity contribution in [3.63, 3.8) is 0 Å². The zero-order valence-electron chi connectivity index (χ0n) is 17.1. The molecule has 0 saturated carbocycles. The van der Waals surface area contributed by atoms with Gasteiger partial charge in [-0.3, -0.25) is 4.90 Å². The van der Waals surface area contributed by atoms with Crippen molar-refractivity contribution in [1.82, 2.24) is 19.9 Å². The van der Waals surface area contributed by atoms with Gasteiger partial charge in [0.25, 0.3) is 0 Å². The van der Waals surface area contributed by atoms with Gasteiger partial charge in [-0.1, -0.05) is 41.9 Å². The number of halogens is 1. The monoisotopic (exact) mass is 430 g/mol. The first-order chi connectivity index (χ1) is 15.2. The lowest BCUT2D eigenvalue weighted by atomic mass is 10.2. The summed E-state index contributed by atoms with van der Waals surface area (Å²) in [6, 6.07) is 22.0. The normalized spacial score (nSPS) is 14.7. The van der Waals surface area contributed by atoms with E-state index in [9.17, 15) is 0 Å². The van der Waals surface area contributed by atoms with E-state index in [4.69, 9.17) is 21.6 Å². The number of piperazine rings is 1. The minimum absolute atomic E-state index is 0.643. The molecule has 2 aromatic carbocycles. The summed E-state index contributed by atoms with van der Waals surface area (Å²) in [6.07, 6.45) is 1.75. The molecule has 1 fully saturated rings. The van der Waals surface area contributed by atoms with Crippen molar-refractivity contribution in [2.45, 2.75) is 6.54 Å². The van der Waals surface area contributed by atoms with E-state index in [1.54, 1.807) is 6.20 Å². The number of pyridine rings is 1. The average Bonchev–Trinajstić information content (AvgIpc) is 2.80. The van der Waals surface area contributed by atoms with Crippen molar-refractivity contribution in [3.05, 3.63) is 83.5 Å². The van der Waals surface area contributed by atoms with E-state index in [0.717, 1.165) is 60.6 Å². The Morgan fingerprint density at radius 1 is 0.871 bits per heavy atom. The SMILES string of the molecule is Clc1cccc(CN2CCN(c3nc4cccnc4nc3Nc3ccccc3)CC2)c1. The van der Waals surface area contributed by atoms with Crippen molar-refractivity contribution in [3.8, 4) is 0 Å². The average molecular weight is 431 g/mol. The molecule has 1 aliphatic rings. The van der Waals surface area contributed by atoms with Crippen molar-refractivity contribution in [2.24, 2.45) is 0 Å². The predicted molar refractivity (Wildman–Crippen MR) is 126 cm³/mol. The predicted octanol–water partition coefficient (Wildman–Crippen LogP) is 4.74. The largest absolute Gasteiger partial charge is 0.351 e. The van der Waals surface area contributed by atoms with Gasteiger partial charge >= 0.3 is 0 Å². The highest BCUT2D eigenvalue weighted by atomic mass is 35.5. The Labute approximate surface area is 186 Å². The molecule has 2 aromatic heterocycles. The van der Waals surface area contributed by atoms with Gasteiger partial charge in [-0.2, -0.15) is 0 Å². The quantitative estimate of drug-likeness (QED) is 0.493. The van der Waals surface area contributed by atoms with E-state index in [2.05, 4.69) is 26.2 Å². The zero-order chi connectivity index (χ0) is 21.0. The van der Waals surface area contributed by atoms with Gasteiger partial charge in [-0.15, -0.1) is 0 Å². The van der Waals surface area contributed by atoms with Crippen LogP contribution in [0.15, 0.2) is 72.9 Å². The topological polar surface area (TPSA) is 57.2 Å². The number of anilines is 3. The molecule has 0 bridgehead atoms. The van der Waals surface area contributed by atoms with Crippen LogP contribution in [-0.4, -0.2) is 46.0 Å². The summed E-state index contributed by atoms with van der Waals surface area (Å²) in [7, 11) is 0. The fourth-order valence-corrected chi connectivity index (χ4v) is 4.07. The Bertz CT molecular complexity index is 1180. The van der Waals surface area contributed by atoms with Gasteiger partial charge < -0.3 is 10.2 Å². The number of hydrogen-bond acceptors (Lipinski definition) is 6. The maximum atomic E-state index is 6.14. The molecule has 7 heteroatoms. The van der Waals surface area contributed by atoms with Gasteiger partial charge in [-0.25, -0.2) is 15.0 Å². The summed E-state index contributed by atoms with van der Waals surface area (Å²) in [5.74, 6) is 1.60. The van der Waals surface area contributed by atoms with Crippen molar-refractivity contribution in [2.75, 3.05) is 36.4 Å². The van der Waals surface area contributed by atoms with Gasteiger partial charge in [0, 0.05) is 49.6 Å². The van der Waals surface area contributed by atoms with E-state index >= 15 is 0 Å². The van der Waals surface area contributed by atoms with Gasteiger partial charge in [0.05, 0.1) is 0 Å². The highest BCUT2D eigenvalue weighted by molar-refractivity contribution is 6.30. The minimum atomic E-state index is 0.643. The van der Waals surface area contributed by atoms with Crippen LogP contribution in [0.25, 0.3) is 11.2 Å². The Balaban J connectivity index is 1.37. The maximum Gasteiger partial charge on any atom is 0.180 e. The first-order valence-corrected chi connectivity index (χ1v) is 10.8. The van der Waals surface area contributed by atoms with Crippen LogP contribution in [0.1, 0.15) is 5.56 Å². The fraction of sp³-hybridized carbons (Fsp3) is 0.208. The van der Waals surface area contributed by atoms with Crippen LogP contribution in [0, 0.1) is 0 Å².